The maximum atomic E-state index is 13.0. The number of carbonyl (C=O) groups is 2. The van der Waals surface area contributed by atoms with Gasteiger partial charge in [-0.05, 0) is 38.8 Å². The smallest absolute Gasteiger partial charge is 0.325 e. The zero-order valence-corrected chi connectivity index (χ0v) is 18.5. The first-order valence-electron chi connectivity index (χ1n) is 10.5. The van der Waals surface area contributed by atoms with Crippen molar-refractivity contribution in [3.05, 3.63) is 51.9 Å². The fraction of sp³-hybridized carbons (Fsp3) is 0.364. The van der Waals surface area contributed by atoms with Crippen LogP contribution in [-0.2, 0) is 16.1 Å². The van der Waals surface area contributed by atoms with Crippen LogP contribution >= 0.6 is 11.6 Å². The molecule has 2 atom stereocenters. The van der Waals surface area contributed by atoms with Crippen LogP contribution in [0.2, 0.25) is 5.02 Å². The van der Waals surface area contributed by atoms with E-state index in [0.29, 0.717) is 41.8 Å². The van der Waals surface area contributed by atoms with E-state index in [0.717, 1.165) is 12.0 Å². The number of nitrogens with zero attached hydrogens (tertiary/aromatic N) is 4. The molecule has 0 spiro atoms. The molecule has 1 fully saturated rings. The van der Waals surface area contributed by atoms with Crippen LogP contribution in [0.5, 0.6) is 0 Å². The Kier molecular flexibility index (Phi) is 5.92. The fourth-order valence-electron chi connectivity index (χ4n) is 4.07. The van der Waals surface area contributed by atoms with Crippen molar-refractivity contribution in [1.82, 2.24) is 19.3 Å². The zero-order chi connectivity index (χ0) is 23.0. The van der Waals surface area contributed by atoms with Gasteiger partial charge in [0.15, 0.2) is 0 Å². The Morgan fingerprint density at radius 3 is 2.69 bits per heavy atom. The topological polar surface area (TPSA) is 109 Å². The summed E-state index contributed by atoms with van der Waals surface area (Å²) in [6.45, 7) is 4.49. The predicted octanol–water partition coefficient (Wildman–Crippen LogP) is 2.39. The number of amides is 1. The third-order valence-electron chi connectivity index (χ3n) is 5.73. The van der Waals surface area contributed by atoms with Crippen molar-refractivity contribution in [3.8, 4) is 11.3 Å². The SMILES string of the molecule is CCn1c(N2CCC[C@H]2C(=O)N[C@@H](C)C(=O)O)cc(=O)n2cc(-c3ccc(Cl)cc3)nc12. The number of hydrogen-bond donors (Lipinski definition) is 2. The average Bonchev–Trinajstić information content (AvgIpc) is 3.42. The third-order valence-corrected chi connectivity index (χ3v) is 5.98. The Morgan fingerprint density at radius 2 is 2.03 bits per heavy atom. The molecular weight excluding hydrogens is 434 g/mol. The van der Waals surface area contributed by atoms with Gasteiger partial charge in [-0.2, -0.15) is 0 Å². The van der Waals surface area contributed by atoms with Gasteiger partial charge in [-0.1, -0.05) is 23.7 Å². The largest absolute Gasteiger partial charge is 0.480 e. The molecule has 4 rings (SSSR count). The van der Waals surface area contributed by atoms with Crippen LogP contribution in [0.3, 0.4) is 0 Å². The lowest BCUT2D eigenvalue weighted by Gasteiger charge is -2.29. The van der Waals surface area contributed by atoms with Gasteiger partial charge in [-0.15, -0.1) is 0 Å². The van der Waals surface area contributed by atoms with E-state index in [1.54, 1.807) is 18.3 Å². The monoisotopic (exact) mass is 457 g/mol. The van der Waals surface area contributed by atoms with Crippen LogP contribution in [-0.4, -0.2) is 49.6 Å². The van der Waals surface area contributed by atoms with E-state index in [4.69, 9.17) is 21.7 Å². The van der Waals surface area contributed by atoms with Crippen LogP contribution in [0.15, 0.2) is 41.3 Å². The maximum Gasteiger partial charge on any atom is 0.325 e. The summed E-state index contributed by atoms with van der Waals surface area (Å²) >= 11 is 5.98. The van der Waals surface area contributed by atoms with Crippen LogP contribution in [0.25, 0.3) is 17.0 Å². The summed E-state index contributed by atoms with van der Waals surface area (Å²) in [4.78, 5) is 43.4. The van der Waals surface area contributed by atoms with E-state index in [2.05, 4.69) is 5.32 Å². The molecule has 0 bridgehead atoms. The molecule has 2 N–H and O–H groups in total. The molecule has 1 aromatic carbocycles. The summed E-state index contributed by atoms with van der Waals surface area (Å²) < 4.78 is 3.39. The van der Waals surface area contributed by atoms with E-state index >= 15 is 0 Å². The number of rotatable bonds is 6. The molecular formula is C22H24ClN5O4. The van der Waals surface area contributed by atoms with Crippen molar-refractivity contribution in [2.45, 2.75) is 45.3 Å². The highest BCUT2D eigenvalue weighted by molar-refractivity contribution is 6.30. The van der Waals surface area contributed by atoms with Gasteiger partial charge in [0.1, 0.15) is 17.9 Å². The van der Waals surface area contributed by atoms with Crippen molar-refractivity contribution in [2.75, 3.05) is 11.4 Å². The molecule has 1 aliphatic heterocycles. The molecule has 3 aromatic rings. The van der Waals surface area contributed by atoms with Crippen molar-refractivity contribution >= 4 is 35.1 Å². The Labute approximate surface area is 189 Å². The summed E-state index contributed by atoms with van der Waals surface area (Å²) in [6.07, 6.45) is 3.03. The number of carbonyl (C=O) groups excluding carboxylic acids is 1. The first-order valence-corrected chi connectivity index (χ1v) is 10.9. The van der Waals surface area contributed by atoms with Gasteiger partial charge >= 0.3 is 5.97 Å². The second-order valence-electron chi connectivity index (χ2n) is 7.81. The van der Waals surface area contributed by atoms with Gasteiger partial charge in [-0.3, -0.25) is 23.4 Å². The zero-order valence-electron chi connectivity index (χ0n) is 17.8. The number of aliphatic carboxylic acids is 1. The number of hydrogen-bond acceptors (Lipinski definition) is 5. The Bertz CT molecular complexity index is 1230. The highest BCUT2D eigenvalue weighted by atomic mass is 35.5. The lowest BCUT2D eigenvalue weighted by Crippen LogP contribution is -2.49. The van der Waals surface area contributed by atoms with Crippen molar-refractivity contribution in [1.29, 1.82) is 0 Å². The van der Waals surface area contributed by atoms with Gasteiger partial charge < -0.3 is 15.3 Å². The van der Waals surface area contributed by atoms with Gasteiger partial charge in [0.25, 0.3) is 5.56 Å². The number of benzene rings is 1. The van der Waals surface area contributed by atoms with E-state index in [1.165, 1.54) is 17.4 Å². The number of imidazole rings is 1. The Hall–Kier alpha value is -3.33. The van der Waals surface area contributed by atoms with Crippen LogP contribution in [0.4, 0.5) is 5.82 Å². The number of fused-ring (bicyclic) bond motifs is 1. The van der Waals surface area contributed by atoms with E-state index in [-0.39, 0.29) is 11.5 Å². The molecule has 168 valence electrons. The first-order chi connectivity index (χ1) is 15.3. The normalized spacial score (nSPS) is 17.0. The van der Waals surface area contributed by atoms with E-state index in [1.807, 2.05) is 28.5 Å². The number of aromatic nitrogens is 3. The fourth-order valence-corrected chi connectivity index (χ4v) is 4.20. The molecule has 0 radical (unpaired) electrons. The maximum absolute atomic E-state index is 13.0. The lowest BCUT2D eigenvalue weighted by atomic mass is 10.2. The van der Waals surface area contributed by atoms with Crippen LogP contribution in [0.1, 0.15) is 26.7 Å². The Morgan fingerprint density at radius 1 is 1.31 bits per heavy atom. The molecule has 0 unspecified atom stereocenters. The molecule has 0 aliphatic carbocycles. The number of nitrogens with one attached hydrogen (secondary N) is 1. The molecule has 9 nitrogen and oxygen atoms in total. The molecule has 2 aromatic heterocycles. The lowest BCUT2D eigenvalue weighted by molar-refractivity contribution is -0.141. The minimum absolute atomic E-state index is 0.252. The first kappa shape index (κ1) is 21.9. The third kappa shape index (κ3) is 3.95. The van der Waals surface area contributed by atoms with Gasteiger partial charge in [0, 0.05) is 35.9 Å². The highest BCUT2D eigenvalue weighted by Crippen LogP contribution is 2.27. The van der Waals surface area contributed by atoms with Gasteiger partial charge in [0.05, 0.1) is 5.69 Å². The number of carboxylic acid groups (broad SMARTS) is 1. The number of aryl methyl sites for hydroxylation is 1. The van der Waals surface area contributed by atoms with E-state index < -0.39 is 18.1 Å². The quantitative estimate of drug-likeness (QED) is 0.588. The predicted molar refractivity (Wildman–Crippen MR) is 121 cm³/mol. The highest BCUT2D eigenvalue weighted by Gasteiger charge is 2.34. The average molecular weight is 458 g/mol. The molecule has 10 heteroatoms. The molecule has 1 amide bonds. The number of anilines is 1. The van der Waals surface area contributed by atoms with Crippen molar-refractivity contribution < 1.29 is 14.7 Å². The molecule has 1 saturated heterocycles. The van der Waals surface area contributed by atoms with Crippen molar-refractivity contribution in [2.24, 2.45) is 0 Å². The van der Waals surface area contributed by atoms with Crippen molar-refractivity contribution in [3.63, 3.8) is 0 Å². The summed E-state index contributed by atoms with van der Waals surface area (Å²) in [7, 11) is 0. The standard InChI is InChI=1S/C22H24ClN5O4/c1-3-26-18(27-10-4-5-17(27)20(30)24-13(2)21(31)32)11-19(29)28-12-16(25-22(26)28)14-6-8-15(23)9-7-14/h6-9,11-13,17H,3-5,10H2,1-2H3,(H,24,30)(H,31,32)/t13-,17-/m0/s1. The Balaban J connectivity index is 1.75. The number of halogens is 1. The summed E-state index contributed by atoms with van der Waals surface area (Å²) in [5, 5.41) is 12.3. The molecule has 0 saturated carbocycles. The summed E-state index contributed by atoms with van der Waals surface area (Å²) in [5.74, 6) is -0.386. The van der Waals surface area contributed by atoms with Gasteiger partial charge in [0.2, 0.25) is 11.7 Å². The molecule has 1 aliphatic rings. The van der Waals surface area contributed by atoms with Crippen LogP contribution in [0, 0.1) is 0 Å². The summed E-state index contributed by atoms with van der Waals surface area (Å²) in [5.41, 5.74) is 1.23. The second-order valence-corrected chi connectivity index (χ2v) is 8.24. The minimum Gasteiger partial charge on any atom is -0.480 e. The number of carboxylic acids is 1. The molecule has 3 heterocycles. The molecule has 32 heavy (non-hydrogen) atoms. The second kappa shape index (κ2) is 8.66. The van der Waals surface area contributed by atoms with Crippen LogP contribution < -0.4 is 15.8 Å². The van der Waals surface area contributed by atoms with E-state index in [9.17, 15) is 14.4 Å². The minimum atomic E-state index is -1.10. The summed E-state index contributed by atoms with van der Waals surface area (Å²) in [6, 6.07) is 7.19. The van der Waals surface area contributed by atoms with Gasteiger partial charge in [-0.25, -0.2) is 4.98 Å².